The maximum atomic E-state index is 10.8. The molecule has 0 N–H and O–H groups in total. The number of benzene rings is 2. The molecule has 1 heterocycles. The highest BCUT2D eigenvalue weighted by Crippen LogP contribution is 2.37. The van der Waals surface area contributed by atoms with Crippen LogP contribution >= 0.6 is 23.4 Å². The highest BCUT2D eigenvalue weighted by Gasteiger charge is 2.15. The molecule has 1 unspecified atom stereocenters. The minimum atomic E-state index is -0.400. The van der Waals surface area contributed by atoms with Crippen molar-refractivity contribution in [3.8, 4) is 0 Å². The van der Waals surface area contributed by atoms with E-state index in [1.807, 2.05) is 13.0 Å². The molecule has 0 bridgehead atoms. The molecule has 0 aliphatic carbocycles. The predicted octanol–water partition coefficient (Wildman–Crippen LogP) is 5.24. The van der Waals surface area contributed by atoms with E-state index in [4.69, 9.17) is 16.0 Å². The number of aromatic nitrogens is 1. The molecule has 3 rings (SSSR count). The van der Waals surface area contributed by atoms with Gasteiger partial charge < -0.3 is 4.42 Å². The molecule has 0 saturated carbocycles. The van der Waals surface area contributed by atoms with E-state index < -0.39 is 4.92 Å². The van der Waals surface area contributed by atoms with Gasteiger partial charge in [0, 0.05) is 22.4 Å². The largest absolute Gasteiger partial charge is 0.431 e. The summed E-state index contributed by atoms with van der Waals surface area (Å²) < 4.78 is 5.65. The van der Waals surface area contributed by atoms with Crippen molar-refractivity contribution in [1.82, 2.24) is 4.98 Å². The zero-order chi connectivity index (χ0) is 15.7. The second-order valence-electron chi connectivity index (χ2n) is 4.70. The molecule has 0 spiro atoms. The molecule has 2 aromatic carbocycles. The average Bonchev–Trinajstić information content (AvgIpc) is 2.88. The van der Waals surface area contributed by atoms with Crippen LogP contribution in [0.2, 0.25) is 5.02 Å². The normalized spacial score (nSPS) is 12.5. The minimum absolute atomic E-state index is 0.0246. The third-order valence-corrected chi connectivity index (χ3v) is 4.40. The van der Waals surface area contributed by atoms with Crippen molar-refractivity contribution in [2.45, 2.75) is 17.4 Å². The first-order valence-electron chi connectivity index (χ1n) is 6.50. The first-order valence-corrected chi connectivity index (χ1v) is 7.76. The number of oxazole rings is 1. The summed E-state index contributed by atoms with van der Waals surface area (Å²) >= 11 is 7.33. The molecule has 5 nitrogen and oxygen atoms in total. The van der Waals surface area contributed by atoms with Crippen molar-refractivity contribution in [2.75, 3.05) is 0 Å². The Kier molecular flexibility index (Phi) is 4.04. The SMILES string of the molecule is CC(Sc1nc2cc(Cl)ccc2o1)c1cccc([N+](=O)[O-])c1. The van der Waals surface area contributed by atoms with E-state index in [9.17, 15) is 10.1 Å². The van der Waals surface area contributed by atoms with Gasteiger partial charge in [-0.15, -0.1) is 0 Å². The molecule has 7 heteroatoms. The second-order valence-corrected chi connectivity index (χ2v) is 6.43. The molecule has 0 saturated heterocycles. The zero-order valence-electron chi connectivity index (χ0n) is 11.5. The van der Waals surface area contributed by atoms with Crippen molar-refractivity contribution < 1.29 is 9.34 Å². The van der Waals surface area contributed by atoms with Gasteiger partial charge >= 0.3 is 0 Å². The molecule has 0 amide bonds. The van der Waals surface area contributed by atoms with Gasteiger partial charge in [0.25, 0.3) is 10.9 Å². The van der Waals surface area contributed by atoms with Crippen LogP contribution in [-0.4, -0.2) is 9.91 Å². The van der Waals surface area contributed by atoms with Crippen LogP contribution in [0, 0.1) is 10.1 Å². The lowest BCUT2D eigenvalue weighted by molar-refractivity contribution is -0.384. The van der Waals surface area contributed by atoms with Gasteiger partial charge in [0.1, 0.15) is 5.52 Å². The molecular weight excluding hydrogens is 324 g/mol. The van der Waals surface area contributed by atoms with Gasteiger partial charge in [0.15, 0.2) is 5.58 Å². The summed E-state index contributed by atoms with van der Waals surface area (Å²) in [4.78, 5) is 14.8. The van der Waals surface area contributed by atoms with E-state index in [1.165, 1.54) is 17.8 Å². The molecular formula is C15H11ClN2O3S. The third-order valence-electron chi connectivity index (χ3n) is 3.16. The van der Waals surface area contributed by atoms with E-state index >= 15 is 0 Å². The van der Waals surface area contributed by atoms with Crippen LogP contribution in [0.5, 0.6) is 0 Å². The molecule has 0 fully saturated rings. The van der Waals surface area contributed by atoms with E-state index in [1.54, 1.807) is 30.3 Å². The van der Waals surface area contributed by atoms with Crippen molar-refractivity contribution in [3.63, 3.8) is 0 Å². The standard InChI is InChI=1S/C15H11ClN2O3S/c1-9(10-3-2-4-12(7-10)18(19)20)22-15-17-13-8-11(16)5-6-14(13)21-15/h2-9H,1H3. The van der Waals surface area contributed by atoms with Crippen molar-refractivity contribution in [1.29, 1.82) is 0 Å². The van der Waals surface area contributed by atoms with Gasteiger partial charge in [-0.1, -0.05) is 35.5 Å². The highest BCUT2D eigenvalue weighted by atomic mass is 35.5. The Hall–Kier alpha value is -2.05. The van der Waals surface area contributed by atoms with Gasteiger partial charge in [0.2, 0.25) is 0 Å². The first-order chi connectivity index (χ1) is 10.5. The Morgan fingerprint density at radius 3 is 2.91 bits per heavy atom. The first kappa shape index (κ1) is 14.9. The Balaban J connectivity index is 1.84. The molecule has 112 valence electrons. The van der Waals surface area contributed by atoms with E-state index in [0.29, 0.717) is 21.3 Å². The van der Waals surface area contributed by atoms with Crippen molar-refractivity contribution in [3.05, 3.63) is 63.2 Å². The topological polar surface area (TPSA) is 69.2 Å². The Bertz CT molecular complexity index is 850. The number of hydrogen-bond donors (Lipinski definition) is 0. The molecule has 1 atom stereocenters. The van der Waals surface area contributed by atoms with Gasteiger partial charge in [0.05, 0.1) is 4.92 Å². The number of non-ortho nitro benzene ring substituents is 1. The van der Waals surface area contributed by atoms with Crippen LogP contribution in [0.3, 0.4) is 0 Å². The van der Waals surface area contributed by atoms with Crippen LogP contribution in [0.25, 0.3) is 11.1 Å². The predicted molar refractivity (Wildman–Crippen MR) is 86.4 cm³/mol. The summed E-state index contributed by atoms with van der Waals surface area (Å²) in [6.45, 7) is 1.95. The van der Waals surface area contributed by atoms with Crippen LogP contribution in [0.4, 0.5) is 5.69 Å². The maximum Gasteiger partial charge on any atom is 0.269 e. The number of thioether (sulfide) groups is 1. The lowest BCUT2D eigenvalue weighted by Gasteiger charge is -2.08. The minimum Gasteiger partial charge on any atom is -0.431 e. The Morgan fingerprint density at radius 1 is 1.32 bits per heavy atom. The summed E-state index contributed by atoms with van der Waals surface area (Å²) in [6, 6.07) is 11.8. The highest BCUT2D eigenvalue weighted by molar-refractivity contribution is 7.99. The summed E-state index contributed by atoms with van der Waals surface area (Å²) in [5.41, 5.74) is 2.29. The number of nitro benzene ring substituents is 1. The summed E-state index contributed by atoms with van der Waals surface area (Å²) in [6.07, 6.45) is 0. The fourth-order valence-electron chi connectivity index (χ4n) is 2.04. The molecule has 0 radical (unpaired) electrons. The van der Waals surface area contributed by atoms with Gasteiger partial charge in [-0.3, -0.25) is 10.1 Å². The van der Waals surface area contributed by atoms with Gasteiger partial charge in [-0.05, 0) is 30.7 Å². The Morgan fingerprint density at radius 2 is 2.14 bits per heavy atom. The molecule has 1 aromatic heterocycles. The van der Waals surface area contributed by atoms with Gasteiger partial charge in [-0.2, -0.15) is 0 Å². The number of hydrogen-bond acceptors (Lipinski definition) is 5. The number of nitro groups is 1. The van der Waals surface area contributed by atoms with E-state index in [0.717, 1.165) is 5.56 Å². The fraction of sp³-hybridized carbons (Fsp3) is 0.133. The van der Waals surface area contributed by atoms with E-state index in [-0.39, 0.29) is 10.9 Å². The van der Waals surface area contributed by atoms with Crippen molar-refractivity contribution in [2.24, 2.45) is 0 Å². The summed E-state index contributed by atoms with van der Waals surface area (Å²) in [5.74, 6) is 0. The number of halogens is 1. The average molecular weight is 335 g/mol. The number of fused-ring (bicyclic) bond motifs is 1. The molecule has 3 aromatic rings. The molecule has 22 heavy (non-hydrogen) atoms. The van der Waals surface area contributed by atoms with Crippen LogP contribution < -0.4 is 0 Å². The maximum absolute atomic E-state index is 10.8. The molecule has 0 aliphatic heterocycles. The summed E-state index contributed by atoms with van der Waals surface area (Å²) in [5, 5.41) is 11.9. The fourth-order valence-corrected chi connectivity index (χ4v) is 3.08. The lowest BCUT2D eigenvalue weighted by Crippen LogP contribution is -1.92. The van der Waals surface area contributed by atoms with Gasteiger partial charge in [-0.25, -0.2) is 4.98 Å². The van der Waals surface area contributed by atoms with E-state index in [2.05, 4.69) is 4.98 Å². The number of nitrogens with zero attached hydrogens (tertiary/aromatic N) is 2. The molecule has 0 aliphatic rings. The Labute approximate surface area is 135 Å². The van der Waals surface area contributed by atoms with Crippen LogP contribution in [0.1, 0.15) is 17.7 Å². The zero-order valence-corrected chi connectivity index (χ0v) is 13.1. The smallest absolute Gasteiger partial charge is 0.269 e. The van der Waals surface area contributed by atoms with Crippen LogP contribution in [-0.2, 0) is 0 Å². The monoisotopic (exact) mass is 334 g/mol. The lowest BCUT2D eigenvalue weighted by atomic mass is 10.1. The summed E-state index contributed by atoms with van der Waals surface area (Å²) in [7, 11) is 0. The quantitative estimate of drug-likeness (QED) is 0.370. The number of rotatable bonds is 4. The second kappa shape index (κ2) is 5.98. The van der Waals surface area contributed by atoms with Crippen LogP contribution in [0.15, 0.2) is 52.1 Å². The third kappa shape index (κ3) is 3.08. The van der Waals surface area contributed by atoms with Crippen molar-refractivity contribution >= 4 is 40.1 Å².